The van der Waals surface area contributed by atoms with E-state index >= 15 is 0 Å². The molecular weight excluding hydrogens is 414 g/mol. The second-order valence-corrected chi connectivity index (χ2v) is 9.26. The molecule has 0 saturated heterocycles. The zero-order valence-electron chi connectivity index (χ0n) is 18.1. The summed E-state index contributed by atoms with van der Waals surface area (Å²) < 4.78 is 22.6. The molecule has 0 spiro atoms. The van der Waals surface area contributed by atoms with Gasteiger partial charge in [0.25, 0.3) is 0 Å². The smallest absolute Gasteiger partial charge is 0.231 e. The van der Waals surface area contributed by atoms with Crippen molar-refractivity contribution >= 4 is 5.78 Å². The molecule has 3 aliphatic heterocycles. The monoisotopic (exact) mass is 439 g/mol. The van der Waals surface area contributed by atoms with E-state index in [0.29, 0.717) is 28.6 Å². The van der Waals surface area contributed by atoms with Crippen LogP contribution in [0, 0.1) is 0 Å². The first-order valence-electron chi connectivity index (χ1n) is 10.8. The van der Waals surface area contributed by atoms with Crippen molar-refractivity contribution in [3.8, 4) is 23.0 Å². The third kappa shape index (κ3) is 2.40. The van der Waals surface area contributed by atoms with Gasteiger partial charge in [-0.25, -0.2) is 0 Å². The van der Waals surface area contributed by atoms with E-state index in [0.717, 1.165) is 16.7 Å². The van der Waals surface area contributed by atoms with Crippen molar-refractivity contribution in [1.29, 1.82) is 0 Å². The first-order chi connectivity index (χ1) is 15.3. The average Bonchev–Trinajstić information content (AvgIpc) is 3.42. The van der Waals surface area contributed by atoms with Crippen LogP contribution in [0.4, 0.5) is 0 Å². The van der Waals surface area contributed by atoms with Gasteiger partial charge in [0, 0.05) is 29.5 Å². The number of carbonyl (C=O) groups excluding carboxylic acids is 1. The molecule has 8 heteroatoms. The maximum atomic E-state index is 12.3. The van der Waals surface area contributed by atoms with Crippen LogP contribution in [-0.4, -0.2) is 47.6 Å². The Balaban J connectivity index is 1.63. The zero-order chi connectivity index (χ0) is 22.4. The van der Waals surface area contributed by atoms with E-state index in [1.54, 1.807) is 13.0 Å². The van der Waals surface area contributed by atoms with Gasteiger partial charge in [0.15, 0.2) is 23.0 Å². The summed E-state index contributed by atoms with van der Waals surface area (Å²) in [5, 5.41) is 22.7. The minimum atomic E-state index is -1.11. The molecule has 0 bridgehead atoms. The van der Waals surface area contributed by atoms with Gasteiger partial charge in [0.2, 0.25) is 13.6 Å². The van der Waals surface area contributed by atoms with Gasteiger partial charge in [0.05, 0.1) is 6.10 Å². The van der Waals surface area contributed by atoms with E-state index in [9.17, 15) is 15.0 Å². The van der Waals surface area contributed by atoms with Gasteiger partial charge in [-0.05, 0) is 48.9 Å². The predicted molar refractivity (Wildman–Crippen MR) is 112 cm³/mol. The predicted octanol–water partition coefficient (Wildman–Crippen LogP) is 2.52. The molecule has 6 rings (SSSR count). The molecule has 2 aromatic rings. The molecule has 168 valence electrons. The van der Waals surface area contributed by atoms with E-state index < -0.39 is 17.6 Å². The highest BCUT2D eigenvalue weighted by molar-refractivity contribution is 5.77. The molecule has 32 heavy (non-hydrogen) atoms. The number of Topliss-reactive ketones (excluding diaryl/α,β-unsaturated/α-hetero) is 1. The minimum Gasteiger partial charge on any atom is -0.454 e. The molecule has 8 nitrogen and oxygen atoms in total. The van der Waals surface area contributed by atoms with Crippen LogP contribution >= 0.6 is 0 Å². The number of ketones is 1. The first-order valence-corrected chi connectivity index (χ1v) is 10.8. The Kier molecular flexibility index (Phi) is 4.09. The van der Waals surface area contributed by atoms with Crippen LogP contribution in [0.3, 0.4) is 0 Å². The fourth-order valence-corrected chi connectivity index (χ4v) is 6.09. The number of aliphatic hydroxyl groups is 2. The Morgan fingerprint density at radius 1 is 1.06 bits per heavy atom. The van der Waals surface area contributed by atoms with Crippen molar-refractivity contribution in [2.45, 2.75) is 50.0 Å². The Morgan fingerprint density at radius 3 is 2.44 bits per heavy atom. The van der Waals surface area contributed by atoms with E-state index in [4.69, 9.17) is 18.9 Å². The molecule has 2 N–H and O–H groups in total. The Morgan fingerprint density at radius 2 is 1.72 bits per heavy atom. The maximum Gasteiger partial charge on any atom is 0.231 e. The second kappa shape index (κ2) is 6.60. The lowest BCUT2D eigenvalue weighted by Gasteiger charge is -2.57. The van der Waals surface area contributed by atoms with Gasteiger partial charge in [-0.1, -0.05) is 13.0 Å². The van der Waals surface area contributed by atoms with Crippen molar-refractivity contribution in [2.24, 2.45) is 0 Å². The third-order valence-electron chi connectivity index (χ3n) is 7.54. The molecule has 2 aromatic carbocycles. The van der Waals surface area contributed by atoms with Gasteiger partial charge < -0.3 is 29.2 Å². The molecule has 0 amide bonds. The van der Waals surface area contributed by atoms with Crippen LogP contribution < -0.4 is 18.9 Å². The van der Waals surface area contributed by atoms with Crippen LogP contribution in [-0.2, 0) is 10.2 Å². The fourth-order valence-electron chi connectivity index (χ4n) is 6.09. The summed E-state index contributed by atoms with van der Waals surface area (Å²) in [7, 11) is 1.95. The van der Waals surface area contributed by atoms with Crippen molar-refractivity contribution in [3.05, 3.63) is 46.5 Å². The largest absolute Gasteiger partial charge is 0.454 e. The van der Waals surface area contributed by atoms with E-state index in [1.165, 1.54) is 0 Å². The van der Waals surface area contributed by atoms with Crippen LogP contribution in [0.5, 0.6) is 23.0 Å². The highest BCUT2D eigenvalue weighted by Gasteiger charge is 2.58. The number of benzene rings is 2. The van der Waals surface area contributed by atoms with E-state index in [2.05, 4.69) is 4.90 Å². The SMILES string of the molecule is CC(=O)CC1c2c(ccc3c2OCO3)C2(C)C(O)C(O)c3cc4c(cc3C2N1C)OCO4. The number of aliphatic hydroxyl groups excluding tert-OH is 2. The average molecular weight is 439 g/mol. The number of rotatable bonds is 2. The van der Waals surface area contributed by atoms with Gasteiger partial charge >= 0.3 is 0 Å². The number of likely N-dealkylation sites (N-methyl/N-ethyl adjacent to an activating group) is 1. The van der Waals surface area contributed by atoms with Crippen molar-refractivity contribution < 1.29 is 34.0 Å². The van der Waals surface area contributed by atoms with Crippen LogP contribution in [0.1, 0.15) is 60.7 Å². The summed E-state index contributed by atoms with van der Waals surface area (Å²) in [5.74, 6) is 2.46. The lowest BCUT2D eigenvalue weighted by Crippen LogP contribution is -2.57. The lowest BCUT2D eigenvalue weighted by atomic mass is 9.58. The Hall–Kier alpha value is -2.81. The highest BCUT2D eigenvalue weighted by atomic mass is 16.7. The molecule has 0 radical (unpaired) electrons. The molecule has 4 aliphatic rings. The standard InChI is InChI=1S/C24H25NO7/c1-11(26)6-15-19-14(4-5-16-21(19)32-10-29-16)24(2)22(25(15)3)13-8-18-17(30-9-31-18)7-12(13)20(27)23(24)28/h4-5,7-8,15,20,22-23,27-28H,6,9-10H2,1-3H3. The van der Waals surface area contributed by atoms with Gasteiger partial charge in [-0.3, -0.25) is 9.69 Å². The van der Waals surface area contributed by atoms with E-state index in [1.807, 2.05) is 32.2 Å². The fraction of sp³-hybridized carbons (Fsp3) is 0.458. The zero-order valence-corrected chi connectivity index (χ0v) is 18.1. The summed E-state index contributed by atoms with van der Waals surface area (Å²) in [6, 6.07) is 6.83. The molecule has 1 aliphatic carbocycles. The minimum absolute atomic E-state index is 0.0511. The molecule has 0 fully saturated rings. The van der Waals surface area contributed by atoms with Crippen LogP contribution in [0.25, 0.3) is 0 Å². The quantitative estimate of drug-likeness (QED) is 0.737. The number of fused-ring (bicyclic) bond motifs is 8. The first kappa shape index (κ1) is 19.8. The molecule has 0 saturated carbocycles. The third-order valence-corrected chi connectivity index (χ3v) is 7.54. The van der Waals surface area contributed by atoms with Gasteiger partial charge in [-0.2, -0.15) is 0 Å². The Bertz CT molecular complexity index is 1150. The molecule has 5 atom stereocenters. The molecule has 3 heterocycles. The number of nitrogens with zero attached hydrogens (tertiary/aromatic N) is 1. The summed E-state index contributed by atoms with van der Waals surface area (Å²) in [5.41, 5.74) is 2.28. The number of carbonyl (C=O) groups is 1. The van der Waals surface area contributed by atoms with Crippen molar-refractivity contribution in [2.75, 3.05) is 20.6 Å². The van der Waals surface area contributed by atoms with Gasteiger partial charge in [0.1, 0.15) is 11.9 Å². The normalized spacial score (nSPS) is 31.7. The molecule has 0 aromatic heterocycles. The number of hydrogen-bond donors (Lipinski definition) is 2. The van der Waals surface area contributed by atoms with Crippen LogP contribution in [0.15, 0.2) is 24.3 Å². The topological polar surface area (TPSA) is 97.7 Å². The van der Waals surface area contributed by atoms with Crippen molar-refractivity contribution in [1.82, 2.24) is 4.90 Å². The number of hydrogen-bond acceptors (Lipinski definition) is 8. The second-order valence-electron chi connectivity index (χ2n) is 9.26. The lowest BCUT2D eigenvalue weighted by molar-refractivity contribution is -0.120. The summed E-state index contributed by atoms with van der Waals surface area (Å²) >= 11 is 0. The van der Waals surface area contributed by atoms with Crippen LogP contribution in [0.2, 0.25) is 0 Å². The van der Waals surface area contributed by atoms with Crippen molar-refractivity contribution in [3.63, 3.8) is 0 Å². The summed E-state index contributed by atoms with van der Waals surface area (Å²) in [4.78, 5) is 14.4. The Labute approximate surface area is 185 Å². The number of ether oxygens (including phenoxy) is 4. The molecular formula is C24H25NO7. The summed E-state index contributed by atoms with van der Waals surface area (Å²) in [6.45, 7) is 3.77. The maximum absolute atomic E-state index is 12.3. The highest BCUT2D eigenvalue weighted by Crippen LogP contribution is 2.62. The van der Waals surface area contributed by atoms with E-state index in [-0.39, 0.29) is 37.9 Å². The van der Waals surface area contributed by atoms with Gasteiger partial charge in [-0.15, -0.1) is 0 Å². The molecule has 5 unspecified atom stereocenters. The summed E-state index contributed by atoms with van der Waals surface area (Å²) in [6.07, 6.45) is -1.92.